The molecule has 8 nitrogen and oxygen atoms in total. The van der Waals surface area contributed by atoms with Crippen molar-refractivity contribution in [3.8, 4) is 11.5 Å². The first-order chi connectivity index (χ1) is 15.0. The van der Waals surface area contributed by atoms with Crippen LogP contribution >= 0.6 is 0 Å². The van der Waals surface area contributed by atoms with Gasteiger partial charge in [-0.05, 0) is 62.2 Å². The number of rotatable bonds is 11. The molecule has 0 spiro atoms. The van der Waals surface area contributed by atoms with Crippen LogP contribution in [-0.2, 0) is 16.0 Å². The van der Waals surface area contributed by atoms with Gasteiger partial charge in [0, 0.05) is 18.7 Å². The van der Waals surface area contributed by atoms with Crippen molar-refractivity contribution < 1.29 is 28.6 Å². The van der Waals surface area contributed by atoms with Crippen LogP contribution in [0.1, 0.15) is 36.2 Å². The van der Waals surface area contributed by atoms with Crippen LogP contribution in [0.5, 0.6) is 11.5 Å². The summed E-state index contributed by atoms with van der Waals surface area (Å²) in [5.41, 5.74) is 1.35. The zero-order valence-electron chi connectivity index (χ0n) is 17.8. The highest BCUT2D eigenvalue weighted by Gasteiger charge is 2.08. The third-order valence-corrected chi connectivity index (χ3v) is 4.14. The lowest BCUT2D eigenvalue weighted by Gasteiger charge is -2.08. The van der Waals surface area contributed by atoms with Crippen LogP contribution in [0.4, 0.5) is 4.79 Å². The second-order valence-corrected chi connectivity index (χ2v) is 6.52. The lowest BCUT2D eigenvalue weighted by Crippen LogP contribution is -2.30. The molecule has 0 aromatic heterocycles. The monoisotopic (exact) mass is 428 g/mol. The summed E-state index contributed by atoms with van der Waals surface area (Å²) >= 11 is 0. The average Bonchev–Trinajstić information content (AvgIpc) is 2.75. The fraction of sp³-hybridized carbons (Fsp3) is 0.348. The molecule has 2 aromatic carbocycles. The number of amides is 2. The molecule has 2 aromatic rings. The van der Waals surface area contributed by atoms with Crippen LogP contribution in [0.15, 0.2) is 48.5 Å². The Balaban J connectivity index is 1.63. The fourth-order valence-corrected chi connectivity index (χ4v) is 2.66. The Hall–Kier alpha value is -3.55. The van der Waals surface area contributed by atoms with Crippen LogP contribution in [0.2, 0.25) is 0 Å². The Bertz CT molecular complexity index is 849. The van der Waals surface area contributed by atoms with Crippen molar-refractivity contribution in [3.63, 3.8) is 0 Å². The van der Waals surface area contributed by atoms with Crippen LogP contribution in [0, 0.1) is 0 Å². The first-order valence-corrected chi connectivity index (χ1v) is 10.2. The number of benzene rings is 2. The highest BCUT2D eigenvalue weighted by molar-refractivity contribution is 5.94. The van der Waals surface area contributed by atoms with Gasteiger partial charge in [-0.25, -0.2) is 4.79 Å². The van der Waals surface area contributed by atoms with E-state index in [0.717, 1.165) is 11.3 Å². The summed E-state index contributed by atoms with van der Waals surface area (Å²) in [5.74, 6) is 0.755. The molecule has 0 radical (unpaired) electrons. The van der Waals surface area contributed by atoms with E-state index in [9.17, 15) is 14.4 Å². The minimum Gasteiger partial charge on any atom is -0.494 e. The maximum atomic E-state index is 12.2. The molecule has 8 heteroatoms. The van der Waals surface area contributed by atoms with Crippen molar-refractivity contribution in [2.75, 3.05) is 26.3 Å². The molecule has 0 aliphatic carbocycles. The summed E-state index contributed by atoms with van der Waals surface area (Å²) in [5, 5.41) is 5.62. The van der Waals surface area contributed by atoms with E-state index < -0.39 is 6.16 Å². The molecule has 0 aliphatic heterocycles. The first-order valence-electron chi connectivity index (χ1n) is 10.2. The molecule has 0 unspecified atom stereocenters. The lowest BCUT2D eigenvalue weighted by atomic mass is 10.1. The van der Waals surface area contributed by atoms with Gasteiger partial charge in [0.1, 0.15) is 11.5 Å². The second-order valence-electron chi connectivity index (χ2n) is 6.52. The van der Waals surface area contributed by atoms with Gasteiger partial charge in [-0.15, -0.1) is 0 Å². The van der Waals surface area contributed by atoms with Gasteiger partial charge in [0.2, 0.25) is 5.91 Å². The average molecular weight is 428 g/mol. The topological polar surface area (TPSA) is 103 Å². The van der Waals surface area contributed by atoms with Gasteiger partial charge in [-0.1, -0.05) is 12.1 Å². The molecule has 0 bridgehead atoms. The van der Waals surface area contributed by atoms with Gasteiger partial charge in [0.15, 0.2) is 0 Å². The maximum Gasteiger partial charge on any atom is 0.513 e. The van der Waals surface area contributed by atoms with Crippen molar-refractivity contribution in [2.45, 2.75) is 26.7 Å². The van der Waals surface area contributed by atoms with Crippen LogP contribution in [-0.4, -0.2) is 44.3 Å². The van der Waals surface area contributed by atoms with E-state index in [-0.39, 0.29) is 18.4 Å². The molecule has 2 rings (SSSR count). The normalized spacial score (nSPS) is 10.1. The van der Waals surface area contributed by atoms with Gasteiger partial charge in [-0.3, -0.25) is 9.59 Å². The number of nitrogens with one attached hydrogen (secondary N) is 2. The summed E-state index contributed by atoms with van der Waals surface area (Å²) in [4.78, 5) is 35.4. The molecule has 0 aliphatic rings. The summed E-state index contributed by atoms with van der Waals surface area (Å²) in [6, 6.07) is 13.6. The Morgan fingerprint density at radius 3 is 2.10 bits per heavy atom. The highest BCUT2D eigenvalue weighted by atomic mass is 16.7. The zero-order chi connectivity index (χ0) is 22.5. The third kappa shape index (κ3) is 8.77. The van der Waals surface area contributed by atoms with E-state index in [4.69, 9.17) is 9.47 Å². The minimum atomic E-state index is -0.788. The molecular formula is C23H28N2O6. The smallest absolute Gasteiger partial charge is 0.494 e. The second kappa shape index (κ2) is 12.9. The van der Waals surface area contributed by atoms with E-state index in [1.54, 1.807) is 19.1 Å². The van der Waals surface area contributed by atoms with E-state index in [0.29, 0.717) is 43.9 Å². The Morgan fingerprint density at radius 1 is 0.806 bits per heavy atom. The number of ether oxygens (including phenoxy) is 3. The molecule has 0 saturated carbocycles. The van der Waals surface area contributed by atoms with E-state index >= 15 is 0 Å². The lowest BCUT2D eigenvalue weighted by molar-refractivity contribution is -0.120. The highest BCUT2D eigenvalue weighted by Crippen LogP contribution is 2.13. The number of carbonyl (C=O) groups is 3. The summed E-state index contributed by atoms with van der Waals surface area (Å²) in [6.07, 6.45) is 0.105. The number of carbonyl (C=O) groups excluding carboxylic acids is 3. The van der Waals surface area contributed by atoms with Crippen molar-refractivity contribution in [1.82, 2.24) is 10.6 Å². The molecule has 0 heterocycles. The number of hydrogen-bond donors (Lipinski definition) is 2. The van der Waals surface area contributed by atoms with Crippen molar-refractivity contribution >= 4 is 18.0 Å². The molecule has 0 saturated heterocycles. The zero-order valence-corrected chi connectivity index (χ0v) is 17.8. The van der Waals surface area contributed by atoms with Gasteiger partial charge in [-0.2, -0.15) is 0 Å². The third-order valence-electron chi connectivity index (χ3n) is 4.14. The van der Waals surface area contributed by atoms with Gasteiger partial charge < -0.3 is 24.8 Å². The number of hydrogen-bond acceptors (Lipinski definition) is 6. The predicted octanol–water partition coefficient (Wildman–Crippen LogP) is 3.10. The Morgan fingerprint density at radius 2 is 1.45 bits per heavy atom. The van der Waals surface area contributed by atoms with Gasteiger partial charge >= 0.3 is 6.16 Å². The van der Waals surface area contributed by atoms with Crippen molar-refractivity contribution in [3.05, 3.63) is 59.7 Å². The molecule has 2 amide bonds. The predicted molar refractivity (Wildman–Crippen MR) is 115 cm³/mol. The largest absolute Gasteiger partial charge is 0.513 e. The Kier molecular flexibility index (Phi) is 9.87. The summed E-state index contributed by atoms with van der Waals surface area (Å²) in [6.45, 7) is 5.31. The van der Waals surface area contributed by atoms with Crippen LogP contribution in [0.3, 0.4) is 0 Å². The van der Waals surface area contributed by atoms with Crippen LogP contribution in [0.25, 0.3) is 0 Å². The van der Waals surface area contributed by atoms with E-state index in [2.05, 4.69) is 15.4 Å². The SMILES string of the molecule is CCOC(=O)Oc1ccc(C(=O)NCCCNC(=O)Cc2ccc(OCC)cc2)cc1. The van der Waals surface area contributed by atoms with Gasteiger partial charge in [0.05, 0.1) is 19.6 Å². The molecule has 0 fully saturated rings. The first kappa shape index (κ1) is 23.7. The Labute approximate surface area is 181 Å². The molecule has 2 N–H and O–H groups in total. The standard InChI is InChI=1S/C23H28N2O6/c1-3-29-19-10-6-17(7-11-19)16-21(26)24-14-5-15-25-22(27)18-8-12-20(13-9-18)31-23(28)30-4-2/h6-13H,3-5,14-16H2,1-2H3,(H,24,26)(H,25,27). The minimum absolute atomic E-state index is 0.0762. The quantitative estimate of drug-likeness (QED) is 0.324. The molecule has 0 atom stereocenters. The van der Waals surface area contributed by atoms with E-state index in [1.807, 2.05) is 31.2 Å². The summed E-state index contributed by atoms with van der Waals surface area (Å²) in [7, 11) is 0. The van der Waals surface area contributed by atoms with Gasteiger partial charge in [0.25, 0.3) is 5.91 Å². The van der Waals surface area contributed by atoms with E-state index in [1.165, 1.54) is 12.1 Å². The molecular weight excluding hydrogens is 400 g/mol. The maximum absolute atomic E-state index is 12.2. The fourth-order valence-electron chi connectivity index (χ4n) is 2.66. The van der Waals surface area contributed by atoms with Crippen molar-refractivity contribution in [1.29, 1.82) is 0 Å². The van der Waals surface area contributed by atoms with Crippen LogP contribution < -0.4 is 20.1 Å². The molecule has 31 heavy (non-hydrogen) atoms. The summed E-state index contributed by atoms with van der Waals surface area (Å²) < 4.78 is 15.0. The van der Waals surface area contributed by atoms with Crippen molar-refractivity contribution in [2.24, 2.45) is 0 Å². The molecule has 166 valence electrons.